The molecule has 1 aromatic heterocycles. The molecule has 1 saturated carbocycles. The van der Waals surface area contributed by atoms with Gasteiger partial charge in [0.25, 0.3) is 5.91 Å². The second-order valence-corrected chi connectivity index (χ2v) is 8.58. The third-order valence-corrected chi connectivity index (χ3v) is 6.70. The maximum absolute atomic E-state index is 13.6. The van der Waals surface area contributed by atoms with Gasteiger partial charge in [-0.1, -0.05) is 49.6 Å². The van der Waals surface area contributed by atoms with Crippen LogP contribution in [0.5, 0.6) is 0 Å². The Kier molecular flexibility index (Phi) is 5.10. The molecule has 2 aromatic carbocycles. The van der Waals surface area contributed by atoms with Gasteiger partial charge in [0, 0.05) is 16.9 Å². The summed E-state index contributed by atoms with van der Waals surface area (Å²) in [6.07, 6.45) is 6.36. The number of carboxylic acids is 1. The van der Waals surface area contributed by atoms with Crippen LogP contribution in [-0.2, 0) is 13.1 Å². The Hall–Kier alpha value is -3.34. The zero-order valence-electron chi connectivity index (χ0n) is 17.5. The van der Waals surface area contributed by atoms with Crippen LogP contribution in [-0.4, -0.2) is 21.6 Å². The topological polar surface area (TPSA) is 62.5 Å². The van der Waals surface area contributed by atoms with E-state index in [4.69, 9.17) is 0 Å². The molecule has 0 saturated heterocycles. The third kappa shape index (κ3) is 3.65. The van der Waals surface area contributed by atoms with Crippen molar-refractivity contribution < 1.29 is 14.7 Å². The van der Waals surface area contributed by atoms with E-state index in [1.165, 1.54) is 37.7 Å². The summed E-state index contributed by atoms with van der Waals surface area (Å²) in [5, 5.41) is 9.55. The lowest BCUT2D eigenvalue weighted by atomic mass is 9.84. The molecule has 1 amide bonds. The number of rotatable bonds is 3. The molecule has 0 spiro atoms. The standard InChI is InChI=1S/C26H26N2O3/c29-25(20-12-10-19(11-13-20)18-6-2-1-3-7-18)28-17-22-14-15-24(26(30)31)27(22)16-21-8-4-5-9-23(21)28/h4-5,8-15,18H,1-3,6-7,16-17H2,(H,30,31). The molecule has 5 heteroatoms. The molecule has 158 valence electrons. The summed E-state index contributed by atoms with van der Waals surface area (Å²) in [6.45, 7) is 0.776. The van der Waals surface area contributed by atoms with Crippen molar-refractivity contribution in [2.24, 2.45) is 0 Å². The summed E-state index contributed by atoms with van der Waals surface area (Å²) in [4.78, 5) is 27.0. The number of benzene rings is 2. The average Bonchev–Trinajstić information content (AvgIpc) is 3.13. The minimum absolute atomic E-state index is 0.0610. The van der Waals surface area contributed by atoms with E-state index < -0.39 is 5.97 Å². The quantitative estimate of drug-likeness (QED) is 0.620. The van der Waals surface area contributed by atoms with Crippen LogP contribution < -0.4 is 4.90 Å². The van der Waals surface area contributed by atoms with Crippen molar-refractivity contribution in [3.63, 3.8) is 0 Å². The number of fused-ring (bicyclic) bond motifs is 2. The van der Waals surface area contributed by atoms with Gasteiger partial charge in [-0.2, -0.15) is 0 Å². The first-order valence-electron chi connectivity index (χ1n) is 11.0. The first kappa shape index (κ1) is 19.6. The number of carboxylic acid groups (broad SMARTS) is 1. The van der Waals surface area contributed by atoms with Gasteiger partial charge in [0.15, 0.2) is 0 Å². The highest BCUT2D eigenvalue weighted by Crippen LogP contribution is 2.34. The lowest BCUT2D eigenvalue weighted by Gasteiger charge is -2.24. The van der Waals surface area contributed by atoms with Gasteiger partial charge in [0.2, 0.25) is 0 Å². The van der Waals surface area contributed by atoms with E-state index >= 15 is 0 Å². The van der Waals surface area contributed by atoms with Gasteiger partial charge in [-0.25, -0.2) is 4.79 Å². The van der Waals surface area contributed by atoms with E-state index in [-0.39, 0.29) is 11.6 Å². The van der Waals surface area contributed by atoms with Crippen LogP contribution in [0.1, 0.15) is 75.7 Å². The number of carbonyl (C=O) groups is 2. The highest BCUT2D eigenvalue weighted by molar-refractivity contribution is 6.06. The summed E-state index contributed by atoms with van der Waals surface area (Å²) in [6, 6.07) is 19.3. The second-order valence-electron chi connectivity index (χ2n) is 8.58. The predicted octanol–water partition coefficient (Wildman–Crippen LogP) is 5.44. The van der Waals surface area contributed by atoms with Gasteiger partial charge in [-0.15, -0.1) is 0 Å². The number of aromatic carboxylic acids is 1. The highest BCUT2D eigenvalue weighted by Gasteiger charge is 2.27. The number of hydrogen-bond donors (Lipinski definition) is 1. The number of anilines is 1. The Morgan fingerprint density at radius 2 is 1.58 bits per heavy atom. The number of hydrogen-bond acceptors (Lipinski definition) is 2. The van der Waals surface area contributed by atoms with E-state index in [9.17, 15) is 14.7 Å². The van der Waals surface area contributed by atoms with Gasteiger partial charge in [0.1, 0.15) is 5.69 Å². The molecular weight excluding hydrogens is 388 g/mol. The van der Waals surface area contributed by atoms with Crippen molar-refractivity contribution in [3.05, 3.63) is 88.7 Å². The maximum Gasteiger partial charge on any atom is 0.352 e. The normalized spacial score (nSPS) is 16.3. The molecule has 0 unspecified atom stereocenters. The van der Waals surface area contributed by atoms with Crippen LogP contribution in [0.3, 0.4) is 0 Å². The fraction of sp³-hybridized carbons (Fsp3) is 0.308. The second kappa shape index (κ2) is 8.06. The van der Waals surface area contributed by atoms with Gasteiger partial charge in [0.05, 0.1) is 13.1 Å². The van der Waals surface area contributed by atoms with Gasteiger partial charge >= 0.3 is 5.97 Å². The number of para-hydroxylation sites is 1. The first-order chi connectivity index (χ1) is 15.1. The number of aromatic nitrogens is 1. The molecule has 1 aliphatic heterocycles. The Balaban J connectivity index is 1.48. The van der Waals surface area contributed by atoms with Gasteiger partial charge in [-0.3, -0.25) is 4.79 Å². The summed E-state index contributed by atoms with van der Waals surface area (Å²) < 4.78 is 1.79. The lowest BCUT2D eigenvalue weighted by Crippen LogP contribution is -2.30. The molecule has 1 fully saturated rings. The molecule has 0 atom stereocenters. The van der Waals surface area contributed by atoms with E-state index in [0.717, 1.165) is 16.9 Å². The molecule has 1 aliphatic carbocycles. The zero-order chi connectivity index (χ0) is 21.4. The van der Waals surface area contributed by atoms with Crippen LogP contribution in [0.4, 0.5) is 5.69 Å². The Labute approximate surface area is 181 Å². The third-order valence-electron chi connectivity index (χ3n) is 6.70. The van der Waals surface area contributed by atoms with Crippen LogP contribution in [0.25, 0.3) is 0 Å². The van der Waals surface area contributed by atoms with Crippen LogP contribution in [0, 0.1) is 0 Å². The summed E-state index contributed by atoms with van der Waals surface area (Å²) in [5.74, 6) is -0.412. The lowest BCUT2D eigenvalue weighted by molar-refractivity contribution is 0.0685. The molecule has 5 rings (SSSR count). The maximum atomic E-state index is 13.6. The highest BCUT2D eigenvalue weighted by atomic mass is 16.4. The van der Waals surface area contributed by atoms with Crippen molar-refractivity contribution in [1.29, 1.82) is 0 Å². The van der Waals surface area contributed by atoms with Crippen molar-refractivity contribution in [1.82, 2.24) is 4.57 Å². The van der Waals surface area contributed by atoms with Crippen LogP contribution in [0.15, 0.2) is 60.7 Å². The fourth-order valence-electron chi connectivity index (χ4n) is 5.02. The van der Waals surface area contributed by atoms with E-state index in [2.05, 4.69) is 12.1 Å². The molecular formula is C26H26N2O3. The van der Waals surface area contributed by atoms with E-state index in [1.54, 1.807) is 15.5 Å². The summed E-state index contributed by atoms with van der Waals surface area (Å²) in [7, 11) is 0. The number of nitrogens with zero attached hydrogens (tertiary/aromatic N) is 2. The van der Waals surface area contributed by atoms with Gasteiger partial charge < -0.3 is 14.6 Å². The molecule has 2 aliphatic rings. The Morgan fingerprint density at radius 1 is 0.839 bits per heavy atom. The molecule has 3 aromatic rings. The average molecular weight is 415 g/mol. The van der Waals surface area contributed by atoms with Crippen LogP contribution in [0.2, 0.25) is 0 Å². The SMILES string of the molecule is O=C(O)c1ccc2n1Cc1ccccc1N(C(=O)c1ccc(C3CCCCC3)cc1)C2. The van der Waals surface area contributed by atoms with Crippen molar-refractivity contribution in [2.75, 3.05) is 4.90 Å². The molecule has 5 nitrogen and oxygen atoms in total. The van der Waals surface area contributed by atoms with Crippen molar-refractivity contribution >= 4 is 17.6 Å². The zero-order valence-corrected chi connectivity index (χ0v) is 17.5. The monoisotopic (exact) mass is 414 g/mol. The van der Waals surface area contributed by atoms with Gasteiger partial charge in [-0.05, 0) is 60.2 Å². The molecule has 1 N–H and O–H groups in total. The smallest absolute Gasteiger partial charge is 0.352 e. The number of carbonyl (C=O) groups excluding carboxylic acids is 1. The molecule has 31 heavy (non-hydrogen) atoms. The van der Waals surface area contributed by atoms with E-state index in [0.29, 0.717) is 24.6 Å². The number of amides is 1. The minimum atomic E-state index is -0.957. The van der Waals surface area contributed by atoms with E-state index in [1.807, 2.05) is 42.5 Å². The first-order valence-corrected chi connectivity index (χ1v) is 11.0. The largest absolute Gasteiger partial charge is 0.477 e. The van der Waals surface area contributed by atoms with Crippen molar-refractivity contribution in [2.45, 2.75) is 51.1 Å². The Bertz CT molecular complexity index is 1120. The van der Waals surface area contributed by atoms with Crippen molar-refractivity contribution in [3.8, 4) is 0 Å². The molecule has 0 radical (unpaired) electrons. The minimum Gasteiger partial charge on any atom is -0.477 e. The molecule has 2 heterocycles. The fourth-order valence-corrected chi connectivity index (χ4v) is 5.02. The summed E-state index contributed by atoms with van der Waals surface area (Å²) >= 11 is 0. The molecule has 0 bridgehead atoms. The Morgan fingerprint density at radius 3 is 2.32 bits per heavy atom. The summed E-state index contributed by atoms with van der Waals surface area (Å²) in [5.41, 5.74) is 4.83. The van der Waals surface area contributed by atoms with Crippen LogP contribution >= 0.6 is 0 Å². The predicted molar refractivity (Wildman–Crippen MR) is 120 cm³/mol.